The van der Waals surface area contributed by atoms with Crippen molar-refractivity contribution in [3.05, 3.63) is 33.7 Å². The summed E-state index contributed by atoms with van der Waals surface area (Å²) < 4.78 is 1.80. The molecule has 3 rings (SSSR count). The fourth-order valence-electron chi connectivity index (χ4n) is 3.10. The Bertz CT molecular complexity index is 550. The van der Waals surface area contributed by atoms with Gasteiger partial charge in [-0.15, -0.1) is 0 Å². The van der Waals surface area contributed by atoms with E-state index in [9.17, 15) is 9.59 Å². The monoisotopic (exact) mass is 247 g/mol. The van der Waals surface area contributed by atoms with E-state index in [0.717, 1.165) is 31.7 Å². The number of carbonyl (C=O) groups excluding carboxylic acids is 1. The van der Waals surface area contributed by atoms with Gasteiger partial charge in [0.1, 0.15) is 5.56 Å². The lowest BCUT2D eigenvalue weighted by Gasteiger charge is -2.37. The number of hydrogen-bond donors (Lipinski definition) is 2. The van der Waals surface area contributed by atoms with Crippen LogP contribution in [-0.4, -0.2) is 30.6 Å². The van der Waals surface area contributed by atoms with Crippen LogP contribution in [0.1, 0.15) is 28.4 Å². The Morgan fingerprint density at radius 1 is 1.44 bits per heavy atom. The Kier molecular flexibility index (Phi) is 2.70. The molecular formula is C13H17N3O2. The zero-order valence-corrected chi connectivity index (χ0v) is 10.4. The maximum Gasteiger partial charge on any atom is 0.263 e. The van der Waals surface area contributed by atoms with E-state index in [2.05, 4.69) is 10.6 Å². The number of piperidine rings is 1. The van der Waals surface area contributed by atoms with E-state index in [0.29, 0.717) is 11.8 Å². The molecule has 1 aromatic heterocycles. The summed E-state index contributed by atoms with van der Waals surface area (Å²) in [4.78, 5) is 24.0. The fraction of sp³-hybridized carbons (Fsp3) is 0.538. The van der Waals surface area contributed by atoms with E-state index in [-0.39, 0.29) is 17.0 Å². The molecule has 0 saturated carbocycles. The molecule has 5 nitrogen and oxygen atoms in total. The van der Waals surface area contributed by atoms with E-state index < -0.39 is 0 Å². The van der Waals surface area contributed by atoms with Gasteiger partial charge in [0, 0.05) is 31.7 Å². The van der Waals surface area contributed by atoms with Gasteiger partial charge in [0.2, 0.25) is 0 Å². The average Bonchev–Trinajstić information content (AvgIpc) is 2.40. The van der Waals surface area contributed by atoms with E-state index in [4.69, 9.17) is 0 Å². The van der Waals surface area contributed by atoms with Gasteiger partial charge >= 0.3 is 0 Å². The van der Waals surface area contributed by atoms with Crippen molar-refractivity contribution >= 4 is 5.91 Å². The third kappa shape index (κ3) is 1.66. The smallest absolute Gasteiger partial charge is 0.263 e. The molecule has 18 heavy (non-hydrogen) atoms. The molecule has 5 heteroatoms. The first-order valence-corrected chi connectivity index (χ1v) is 6.37. The topological polar surface area (TPSA) is 63.1 Å². The lowest BCUT2D eigenvalue weighted by molar-refractivity contribution is 0.0960. The Hall–Kier alpha value is -1.62. The molecule has 2 atom stereocenters. The summed E-state index contributed by atoms with van der Waals surface area (Å²) in [6.45, 7) is 2.62. The second-order valence-electron chi connectivity index (χ2n) is 5.12. The molecule has 1 saturated heterocycles. The number of amides is 1. The summed E-state index contributed by atoms with van der Waals surface area (Å²) >= 11 is 0. The zero-order chi connectivity index (χ0) is 12.7. The van der Waals surface area contributed by atoms with Crippen molar-refractivity contribution in [2.75, 3.05) is 20.1 Å². The minimum absolute atomic E-state index is 0.150. The molecule has 0 radical (unpaired) electrons. The zero-order valence-electron chi connectivity index (χ0n) is 10.4. The van der Waals surface area contributed by atoms with Crippen molar-refractivity contribution in [1.29, 1.82) is 0 Å². The van der Waals surface area contributed by atoms with E-state index in [1.54, 1.807) is 17.7 Å². The molecule has 2 aliphatic heterocycles. The third-order valence-electron chi connectivity index (χ3n) is 3.98. The first-order chi connectivity index (χ1) is 8.70. The van der Waals surface area contributed by atoms with Gasteiger partial charge in [-0.1, -0.05) is 0 Å². The summed E-state index contributed by atoms with van der Waals surface area (Å²) in [6.07, 6.45) is 1.14. The summed E-state index contributed by atoms with van der Waals surface area (Å²) in [5, 5.41) is 5.92. The van der Waals surface area contributed by atoms with Crippen LogP contribution in [0.25, 0.3) is 0 Å². The maximum atomic E-state index is 12.3. The molecule has 2 N–H and O–H groups in total. The van der Waals surface area contributed by atoms with Crippen LogP contribution in [0.2, 0.25) is 0 Å². The number of nitrogens with one attached hydrogen (secondary N) is 2. The minimum Gasteiger partial charge on any atom is -0.355 e. The van der Waals surface area contributed by atoms with Crippen LogP contribution in [0.3, 0.4) is 0 Å². The maximum absolute atomic E-state index is 12.3. The largest absolute Gasteiger partial charge is 0.355 e. The Labute approximate surface area is 105 Å². The highest BCUT2D eigenvalue weighted by Crippen LogP contribution is 2.31. The molecule has 1 aromatic rings. The van der Waals surface area contributed by atoms with Gasteiger partial charge in [-0.25, -0.2) is 0 Å². The van der Waals surface area contributed by atoms with Crippen molar-refractivity contribution < 1.29 is 4.79 Å². The number of fused-ring (bicyclic) bond motifs is 4. The molecule has 0 aliphatic carbocycles. The van der Waals surface area contributed by atoms with Crippen molar-refractivity contribution in [2.45, 2.75) is 18.9 Å². The predicted octanol–water partition coefficient (Wildman–Crippen LogP) is -0.0854. The van der Waals surface area contributed by atoms with Crippen molar-refractivity contribution in [3.8, 4) is 0 Å². The summed E-state index contributed by atoms with van der Waals surface area (Å²) in [5.41, 5.74) is 1.16. The molecule has 2 bridgehead atoms. The Morgan fingerprint density at radius 3 is 3.06 bits per heavy atom. The molecule has 1 fully saturated rings. The van der Waals surface area contributed by atoms with Crippen LogP contribution in [0.15, 0.2) is 16.9 Å². The van der Waals surface area contributed by atoms with Crippen LogP contribution < -0.4 is 16.2 Å². The van der Waals surface area contributed by atoms with Crippen molar-refractivity contribution in [2.24, 2.45) is 5.92 Å². The lowest BCUT2D eigenvalue weighted by atomic mass is 9.84. The normalized spacial score (nSPS) is 25.4. The number of nitrogens with zero attached hydrogens (tertiary/aromatic N) is 1. The number of pyridine rings is 1. The van der Waals surface area contributed by atoms with Crippen molar-refractivity contribution in [3.63, 3.8) is 0 Å². The Morgan fingerprint density at radius 2 is 2.28 bits per heavy atom. The summed E-state index contributed by atoms with van der Waals surface area (Å²) in [7, 11) is 1.55. The Balaban J connectivity index is 2.10. The first kappa shape index (κ1) is 11.5. The number of rotatable bonds is 1. The van der Waals surface area contributed by atoms with Gasteiger partial charge in [-0.2, -0.15) is 0 Å². The quantitative estimate of drug-likeness (QED) is 0.729. The second-order valence-corrected chi connectivity index (χ2v) is 5.12. The SMILES string of the molecule is CNC(=O)c1ccc2n(c1=O)C[C@H]1CNC[C@H]2C1. The number of carbonyl (C=O) groups is 1. The third-order valence-corrected chi connectivity index (χ3v) is 3.98. The average molecular weight is 247 g/mol. The predicted molar refractivity (Wildman–Crippen MR) is 67.8 cm³/mol. The molecule has 0 aromatic carbocycles. The van der Waals surface area contributed by atoms with Gasteiger partial charge in [-0.3, -0.25) is 9.59 Å². The molecule has 96 valence electrons. The van der Waals surface area contributed by atoms with Gasteiger partial charge < -0.3 is 15.2 Å². The van der Waals surface area contributed by atoms with Crippen LogP contribution >= 0.6 is 0 Å². The molecule has 0 unspecified atom stereocenters. The van der Waals surface area contributed by atoms with E-state index in [1.807, 2.05) is 6.07 Å². The molecular weight excluding hydrogens is 230 g/mol. The highest BCUT2D eigenvalue weighted by atomic mass is 16.2. The second kappa shape index (κ2) is 4.24. The highest BCUT2D eigenvalue weighted by molar-refractivity contribution is 5.93. The van der Waals surface area contributed by atoms with Crippen LogP contribution in [0, 0.1) is 5.92 Å². The summed E-state index contributed by atoms with van der Waals surface area (Å²) in [5.74, 6) is 0.613. The lowest BCUT2D eigenvalue weighted by Crippen LogP contribution is -2.46. The molecule has 2 aliphatic rings. The van der Waals surface area contributed by atoms with Crippen LogP contribution in [0.4, 0.5) is 0 Å². The number of aromatic nitrogens is 1. The molecule has 3 heterocycles. The van der Waals surface area contributed by atoms with Gasteiger partial charge in [0.25, 0.3) is 11.5 Å². The van der Waals surface area contributed by atoms with Crippen molar-refractivity contribution in [1.82, 2.24) is 15.2 Å². The molecule has 1 amide bonds. The molecule has 0 spiro atoms. The number of hydrogen-bond acceptors (Lipinski definition) is 3. The van der Waals surface area contributed by atoms with E-state index in [1.165, 1.54) is 0 Å². The van der Waals surface area contributed by atoms with E-state index >= 15 is 0 Å². The van der Waals surface area contributed by atoms with Gasteiger partial charge in [-0.05, 0) is 31.0 Å². The standard InChI is InChI=1S/C13H17N3O2/c1-14-12(17)10-2-3-11-9-4-8(5-15-6-9)7-16(11)13(10)18/h2-3,8-9,15H,4-7H2,1H3,(H,14,17)/t8-,9-/m1/s1. The van der Waals surface area contributed by atoms with Crippen LogP contribution in [0.5, 0.6) is 0 Å². The first-order valence-electron chi connectivity index (χ1n) is 6.37. The highest BCUT2D eigenvalue weighted by Gasteiger charge is 2.31. The fourth-order valence-corrected chi connectivity index (χ4v) is 3.10. The minimum atomic E-state index is -0.302. The van der Waals surface area contributed by atoms with Gasteiger partial charge in [0.15, 0.2) is 0 Å². The summed E-state index contributed by atoms with van der Waals surface area (Å²) in [6, 6.07) is 3.59. The van der Waals surface area contributed by atoms with Gasteiger partial charge in [0.05, 0.1) is 0 Å². The van der Waals surface area contributed by atoms with Crippen LogP contribution in [-0.2, 0) is 6.54 Å².